The summed E-state index contributed by atoms with van der Waals surface area (Å²) in [5.41, 5.74) is 4.41. The van der Waals surface area contributed by atoms with Crippen LogP contribution in [0.3, 0.4) is 0 Å². The minimum Gasteiger partial charge on any atom is -0.468 e. The predicted octanol–water partition coefficient (Wildman–Crippen LogP) is 4.34. The molecule has 1 amide bonds. The second-order valence-corrected chi connectivity index (χ2v) is 11.0. The summed E-state index contributed by atoms with van der Waals surface area (Å²) < 4.78 is 35.2. The molecule has 10 heteroatoms. The van der Waals surface area contributed by atoms with Crippen LogP contribution in [0.1, 0.15) is 27.0 Å². The Labute approximate surface area is 212 Å². The molecule has 1 heterocycles. The van der Waals surface area contributed by atoms with Crippen molar-refractivity contribution in [2.24, 2.45) is 4.99 Å². The number of thiazole rings is 1. The largest absolute Gasteiger partial charge is 0.468 e. The van der Waals surface area contributed by atoms with E-state index in [0.29, 0.717) is 10.5 Å². The van der Waals surface area contributed by atoms with E-state index in [0.717, 1.165) is 26.9 Å². The van der Waals surface area contributed by atoms with Gasteiger partial charge >= 0.3 is 5.97 Å². The third-order valence-electron chi connectivity index (χ3n) is 5.54. The van der Waals surface area contributed by atoms with E-state index in [1.54, 1.807) is 16.7 Å². The number of nitrogens with one attached hydrogen (secondary N) is 1. The second kappa shape index (κ2) is 10.1. The molecule has 1 N–H and O–H groups in total. The lowest BCUT2D eigenvalue weighted by Gasteiger charge is -2.08. The Morgan fingerprint density at radius 2 is 1.64 bits per heavy atom. The van der Waals surface area contributed by atoms with Crippen molar-refractivity contribution in [1.29, 1.82) is 0 Å². The number of amides is 1. The van der Waals surface area contributed by atoms with Gasteiger partial charge in [0.1, 0.15) is 6.54 Å². The molecule has 4 aromatic rings. The molecule has 4 rings (SSSR count). The van der Waals surface area contributed by atoms with E-state index in [2.05, 4.69) is 9.71 Å². The van der Waals surface area contributed by atoms with E-state index < -0.39 is 21.9 Å². The Morgan fingerprint density at radius 1 is 0.972 bits per heavy atom. The van der Waals surface area contributed by atoms with Crippen LogP contribution >= 0.6 is 11.3 Å². The van der Waals surface area contributed by atoms with Crippen LogP contribution in [-0.2, 0) is 26.1 Å². The summed E-state index contributed by atoms with van der Waals surface area (Å²) in [5, 5.41) is 0. The number of aryl methyl sites for hydroxylation is 3. The third kappa shape index (κ3) is 5.39. The lowest BCUT2D eigenvalue weighted by molar-refractivity contribution is -0.141. The van der Waals surface area contributed by atoms with E-state index >= 15 is 0 Å². The predicted molar refractivity (Wildman–Crippen MR) is 140 cm³/mol. The van der Waals surface area contributed by atoms with Gasteiger partial charge in [0.15, 0.2) is 4.80 Å². The maximum Gasteiger partial charge on any atom is 0.325 e. The standard InChI is InChI=1S/C26H25N3O5S2/c1-16-5-11-21(12-6-16)36(32,33)28-20-9-7-19(8-10-20)25(31)27-26-29(15-23(30)34-4)22-14-17(2)13-18(3)24(22)35-26/h5-14,28H,15H2,1-4H3. The van der Waals surface area contributed by atoms with Gasteiger partial charge in [0.05, 0.1) is 22.2 Å². The molecule has 0 aliphatic heterocycles. The number of hydrogen-bond acceptors (Lipinski definition) is 6. The number of ether oxygens (including phenoxy) is 1. The second-order valence-electron chi connectivity index (χ2n) is 8.39. The number of carbonyl (C=O) groups is 2. The zero-order valence-corrected chi connectivity index (χ0v) is 21.9. The molecule has 0 fully saturated rings. The van der Waals surface area contributed by atoms with Crippen molar-refractivity contribution in [3.63, 3.8) is 0 Å². The van der Waals surface area contributed by atoms with Crippen molar-refractivity contribution >= 4 is 49.1 Å². The van der Waals surface area contributed by atoms with Crippen LogP contribution in [0.15, 0.2) is 70.6 Å². The van der Waals surface area contributed by atoms with Crippen molar-refractivity contribution in [3.8, 4) is 0 Å². The summed E-state index contributed by atoms with van der Waals surface area (Å²) in [6.45, 7) is 5.73. The van der Waals surface area contributed by atoms with E-state index in [-0.39, 0.29) is 17.0 Å². The quantitative estimate of drug-likeness (QED) is 0.378. The lowest BCUT2D eigenvalue weighted by atomic mass is 10.1. The Hall–Kier alpha value is -3.76. The van der Waals surface area contributed by atoms with Gasteiger partial charge in [0.2, 0.25) is 0 Å². The number of sulfonamides is 1. The van der Waals surface area contributed by atoms with E-state index in [1.165, 1.54) is 54.8 Å². The van der Waals surface area contributed by atoms with Crippen molar-refractivity contribution in [3.05, 3.63) is 87.7 Å². The number of benzene rings is 3. The monoisotopic (exact) mass is 523 g/mol. The van der Waals surface area contributed by atoms with Gasteiger partial charge in [-0.1, -0.05) is 35.1 Å². The molecule has 0 atom stereocenters. The zero-order chi connectivity index (χ0) is 26.0. The van der Waals surface area contributed by atoms with Crippen molar-refractivity contribution in [1.82, 2.24) is 4.57 Å². The number of esters is 1. The molecule has 0 aliphatic rings. The smallest absolute Gasteiger partial charge is 0.325 e. The van der Waals surface area contributed by atoms with Gasteiger partial charge in [-0.15, -0.1) is 0 Å². The molecule has 0 saturated heterocycles. The topological polar surface area (TPSA) is 107 Å². The first kappa shape index (κ1) is 25.3. The van der Waals surface area contributed by atoms with Crippen molar-refractivity contribution in [2.75, 3.05) is 11.8 Å². The Kier molecular flexibility index (Phi) is 7.09. The number of aromatic nitrogens is 1. The molecule has 3 aromatic carbocycles. The van der Waals surface area contributed by atoms with E-state index in [9.17, 15) is 18.0 Å². The van der Waals surface area contributed by atoms with Crippen LogP contribution in [0, 0.1) is 20.8 Å². The number of carbonyl (C=O) groups excluding carboxylic acids is 2. The first-order valence-electron chi connectivity index (χ1n) is 11.0. The van der Waals surface area contributed by atoms with E-state index in [1.807, 2.05) is 32.9 Å². The fourth-order valence-corrected chi connectivity index (χ4v) is 5.84. The molecule has 36 heavy (non-hydrogen) atoms. The molecule has 1 aromatic heterocycles. The molecule has 0 spiro atoms. The van der Waals surface area contributed by atoms with Gasteiger partial charge in [-0.25, -0.2) is 8.42 Å². The zero-order valence-electron chi connectivity index (χ0n) is 20.2. The van der Waals surface area contributed by atoms with Crippen molar-refractivity contribution < 1.29 is 22.7 Å². The van der Waals surface area contributed by atoms with Gasteiger partial charge in [-0.05, 0) is 74.4 Å². The average molecular weight is 524 g/mol. The van der Waals surface area contributed by atoms with Crippen LogP contribution in [0.2, 0.25) is 0 Å². The molecular formula is C26H25N3O5S2. The first-order valence-corrected chi connectivity index (χ1v) is 13.3. The fourth-order valence-electron chi connectivity index (χ4n) is 3.71. The van der Waals surface area contributed by atoms with Gasteiger partial charge in [-0.2, -0.15) is 4.99 Å². The highest BCUT2D eigenvalue weighted by molar-refractivity contribution is 7.92. The Balaban J connectivity index is 1.65. The minimum atomic E-state index is -3.76. The van der Waals surface area contributed by atoms with Gasteiger partial charge in [-0.3, -0.25) is 14.3 Å². The van der Waals surface area contributed by atoms with Gasteiger partial charge < -0.3 is 9.30 Å². The summed E-state index contributed by atoms with van der Waals surface area (Å²) in [6, 6.07) is 16.5. The van der Waals surface area contributed by atoms with Crippen molar-refractivity contribution in [2.45, 2.75) is 32.2 Å². The van der Waals surface area contributed by atoms with Crippen LogP contribution in [-0.4, -0.2) is 32.0 Å². The summed E-state index contributed by atoms with van der Waals surface area (Å²) in [6.07, 6.45) is 0. The maximum atomic E-state index is 13.0. The Bertz CT molecular complexity index is 1630. The maximum absolute atomic E-state index is 13.0. The summed E-state index contributed by atoms with van der Waals surface area (Å²) in [7, 11) is -2.45. The molecule has 0 saturated carbocycles. The lowest BCUT2D eigenvalue weighted by Crippen LogP contribution is -2.22. The summed E-state index contributed by atoms with van der Waals surface area (Å²) in [5.74, 6) is -0.963. The molecule has 186 valence electrons. The number of fused-ring (bicyclic) bond motifs is 1. The van der Waals surface area contributed by atoms with E-state index in [4.69, 9.17) is 4.74 Å². The molecule has 0 radical (unpaired) electrons. The van der Waals surface area contributed by atoms with Crippen LogP contribution in [0.25, 0.3) is 10.2 Å². The normalized spacial score (nSPS) is 12.1. The number of anilines is 1. The SMILES string of the molecule is COC(=O)Cn1c(=NC(=O)c2ccc(NS(=O)(=O)c3ccc(C)cc3)cc2)sc2c(C)cc(C)cc21. The van der Waals surface area contributed by atoms with Crippen LogP contribution in [0.5, 0.6) is 0 Å². The number of nitrogens with zero attached hydrogens (tertiary/aromatic N) is 2. The highest BCUT2D eigenvalue weighted by Crippen LogP contribution is 2.24. The van der Waals surface area contributed by atoms with Gasteiger partial charge in [0, 0.05) is 11.3 Å². The highest BCUT2D eigenvalue weighted by atomic mass is 32.2. The molecule has 0 bridgehead atoms. The third-order valence-corrected chi connectivity index (χ3v) is 8.17. The number of rotatable bonds is 6. The molecule has 0 unspecified atom stereocenters. The molecular weight excluding hydrogens is 498 g/mol. The number of hydrogen-bond donors (Lipinski definition) is 1. The molecule has 0 aliphatic carbocycles. The summed E-state index contributed by atoms with van der Waals surface area (Å²) >= 11 is 1.32. The van der Waals surface area contributed by atoms with Crippen LogP contribution < -0.4 is 9.52 Å². The fraction of sp³-hybridized carbons (Fsp3) is 0.192. The van der Waals surface area contributed by atoms with Crippen LogP contribution in [0.4, 0.5) is 5.69 Å². The summed E-state index contributed by atoms with van der Waals surface area (Å²) in [4.78, 5) is 29.8. The minimum absolute atomic E-state index is 0.0781. The number of methoxy groups -OCH3 is 1. The Morgan fingerprint density at radius 3 is 2.28 bits per heavy atom. The average Bonchev–Trinajstić information content (AvgIpc) is 3.16. The highest BCUT2D eigenvalue weighted by Gasteiger charge is 2.16. The van der Waals surface area contributed by atoms with Gasteiger partial charge in [0.25, 0.3) is 15.9 Å². The molecule has 8 nitrogen and oxygen atoms in total. The first-order chi connectivity index (χ1) is 17.1.